The van der Waals surface area contributed by atoms with Crippen molar-refractivity contribution < 1.29 is 19.1 Å². The van der Waals surface area contributed by atoms with E-state index in [2.05, 4.69) is 25.2 Å². The number of esters is 1. The molecular weight excluding hydrogens is 370 g/mol. The molecule has 144 valence electrons. The lowest BCUT2D eigenvalue weighted by Crippen LogP contribution is -2.43. The van der Waals surface area contributed by atoms with E-state index in [1.807, 2.05) is 0 Å². The van der Waals surface area contributed by atoms with Crippen LogP contribution in [0.5, 0.6) is 5.75 Å². The molecule has 1 aromatic carbocycles. The number of aromatic nitrogens is 2. The topological polar surface area (TPSA) is 96.9 Å². The molecule has 2 heterocycles. The number of anilines is 2. The smallest absolute Gasteiger partial charge is 0.343 e. The fourth-order valence-electron chi connectivity index (χ4n) is 2.51. The van der Waals surface area contributed by atoms with Crippen LogP contribution in [0.1, 0.15) is 9.80 Å². The minimum Gasteiger partial charge on any atom is -0.482 e. The van der Waals surface area contributed by atoms with Gasteiger partial charge in [0.05, 0.1) is 7.11 Å². The van der Waals surface area contributed by atoms with Gasteiger partial charge in [0.25, 0.3) is 5.91 Å². The first-order valence-electron chi connectivity index (χ1n) is 8.45. The van der Waals surface area contributed by atoms with E-state index in [0.717, 1.165) is 31.3 Å². The molecule has 1 N–H and O–H groups in total. The maximum Gasteiger partial charge on any atom is 0.343 e. The molecule has 0 atom stereocenters. The molecule has 2 aromatic rings. The Kier molecular flexibility index (Phi) is 6.20. The van der Waals surface area contributed by atoms with Gasteiger partial charge in [-0.25, -0.2) is 4.79 Å². The average Bonchev–Trinajstić information content (AvgIpc) is 3.22. The highest BCUT2D eigenvalue weighted by atomic mass is 32.1. The molecule has 9 nitrogen and oxygen atoms in total. The minimum atomic E-state index is -0.456. The van der Waals surface area contributed by atoms with E-state index in [1.54, 1.807) is 31.3 Å². The van der Waals surface area contributed by atoms with Crippen LogP contribution in [-0.2, 0) is 9.53 Å². The van der Waals surface area contributed by atoms with Crippen molar-refractivity contribution in [2.75, 3.05) is 56.7 Å². The summed E-state index contributed by atoms with van der Waals surface area (Å²) in [6.45, 7) is 3.34. The largest absolute Gasteiger partial charge is 0.482 e. The van der Waals surface area contributed by atoms with Gasteiger partial charge in [-0.1, -0.05) is 11.3 Å². The average molecular weight is 391 g/mol. The number of benzene rings is 1. The molecule has 0 unspecified atom stereocenters. The summed E-state index contributed by atoms with van der Waals surface area (Å²) in [4.78, 5) is 27.4. The van der Waals surface area contributed by atoms with Gasteiger partial charge < -0.3 is 24.6 Å². The predicted molar refractivity (Wildman–Crippen MR) is 102 cm³/mol. The molecule has 0 saturated carbocycles. The number of piperazine rings is 1. The molecule has 0 spiro atoms. The lowest BCUT2D eigenvalue weighted by Gasteiger charge is -2.26. The van der Waals surface area contributed by atoms with Crippen LogP contribution in [0.25, 0.3) is 0 Å². The van der Waals surface area contributed by atoms with Gasteiger partial charge >= 0.3 is 5.97 Å². The highest BCUT2D eigenvalue weighted by Gasteiger charge is 2.21. The normalized spacial score (nSPS) is 13.9. The zero-order valence-electron chi connectivity index (χ0n) is 15.2. The third-order valence-electron chi connectivity index (χ3n) is 4.10. The maximum absolute atomic E-state index is 12.7. The van der Waals surface area contributed by atoms with E-state index in [9.17, 15) is 9.59 Å². The number of rotatable bonds is 6. The van der Waals surface area contributed by atoms with Crippen LogP contribution in [0, 0.1) is 0 Å². The highest BCUT2D eigenvalue weighted by molar-refractivity contribution is 7.17. The second-order valence-corrected chi connectivity index (χ2v) is 6.81. The number of carbonyl (C=O) groups excluding carboxylic acids is 2. The zero-order valence-corrected chi connectivity index (χ0v) is 16.0. The van der Waals surface area contributed by atoms with Crippen molar-refractivity contribution in [2.45, 2.75) is 0 Å². The van der Waals surface area contributed by atoms with Gasteiger partial charge in [-0.2, -0.15) is 0 Å². The van der Waals surface area contributed by atoms with Crippen molar-refractivity contribution in [2.24, 2.45) is 0 Å². The number of methoxy groups -OCH3 is 1. The van der Waals surface area contributed by atoms with Crippen molar-refractivity contribution in [3.63, 3.8) is 0 Å². The Morgan fingerprint density at radius 1 is 1.22 bits per heavy atom. The SMILES string of the molecule is COC(=O)COc1ccc(N(C)C(=O)c2nnc(N3CCNCC3)s2)cc1. The Balaban J connectivity index is 1.63. The second-order valence-electron chi connectivity index (χ2n) is 5.85. The van der Waals surface area contributed by atoms with Crippen molar-refractivity contribution >= 4 is 34.0 Å². The molecule has 1 fully saturated rings. The Morgan fingerprint density at radius 2 is 1.93 bits per heavy atom. The Morgan fingerprint density at radius 3 is 2.59 bits per heavy atom. The van der Waals surface area contributed by atoms with Crippen LogP contribution < -0.4 is 19.9 Å². The summed E-state index contributed by atoms with van der Waals surface area (Å²) in [5.74, 6) is -0.165. The third-order valence-corrected chi connectivity index (χ3v) is 5.07. The molecule has 0 bridgehead atoms. The van der Waals surface area contributed by atoms with Crippen LogP contribution in [0.3, 0.4) is 0 Å². The van der Waals surface area contributed by atoms with Gasteiger partial charge in [0, 0.05) is 38.9 Å². The van der Waals surface area contributed by atoms with Crippen LogP contribution in [0.2, 0.25) is 0 Å². The summed E-state index contributed by atoms with van der Waals surface area (Å²) >= 11 is 1.30. The standard InChI is InChI=1S/C17H21N5O4S/c1-21(12-3-5-13(6-4-12)26-11-14(23)25-2)16(24)15-19-20-17(27-15)22-9-7-18-8-10-22/h3-6,18H,7-11H2,1-2H3. The Labute approximate surface area is 160 Å². The van der Waals surface area contributed by atoms with Crippen molar-refractivity contribution in [3.8, 4) is 5.75 Å². The van der Waals surface area contributed by atoms with E-state index in [0.29, 0.717) is 16.4 Å². The maximum atomic E-state index is 12.7. The lowest BCUT2D eigenvalue weighted by atomic mass is 10.3. The Hall–Kier alpha value is -2.72. The number of ether oxygens (including phenoxy) is 2. The second kappa shape index (κ2) is 8.78. The molecule has 1 amide bonds. The van der Waals surface area contributed by atoms with E-state index < -0.39 is 5.97 Å². The quantitative estimate of drug-likeness (QED) is 0.722. The van der Waals surface area contributed by atoms with Crippen LogP contribution >= 0.6 is 11.3 Å². The summed E-state index contributed by atoms with van der Waals surface area (Å²) < 4.78 is 9.82. The molecule has 1 aliphatic rings. The minimum absolute atomic E-state index is 0.163. The molecule has 0 radical (unpaired) electrons. The first-order valence-corrected chi connectivity index (χ1v) is 9.27. The van der Waals surface area contributed by atoms with Gasteiger partial charge in [0.2, 0.25) is 10.1 Å². The summed E-state index contributed by atoms with van der Waals surface area (Å²) in [6.07, 6.45) is 0. The first kappa shape index (κ1) is 19.1. The van der Waals surface area contributed by atoms with Crippen LogP contribution in [0.4, 0.5) is 10.8 Å². The number of nitrogens with zero attached hydrogens (tertiary/aromatic N) is 4. The molecule has 0 aliphatic carbocycles. The van der Waals surface area contributed by atoms with E-state index in [1.165, 1.54) is 23.3 Å². The van der Waals surface area contributed by atoms with Gasteiger partial charge in [-0.15, -0.1) is 10.2 Å². The van der Waals surface area contributed by atoms with Gasteiger partial charge in [-0.05, 0) is 24.3 Å². The lowest BCUT2D eigenvalue weighted by molar-refractivity contribution is -0.142. The molecule has 27 heavy (non-hydrogen) atoms. The number of nitrogens with one attached hydrogen (secondary N) is 1. The highest BCUT2D eigenvalue weighted by Crippen LogP contribution is 2.24. The number of carbonyl (C=O) groups is 2. The van der Waals surface area contributed by atoms with Crippen molar-refractivity contribution in [3.05, 3.63) is 29.3 Å². The van der Waals surface area contributed by atoms with Crippen LogP contribution in [-0.4, -0.2) is 69.0 Å². The summed E-state index contributed by atoms with van der Waals surface area (Å²) in [5, 5.41) is 12.6. The molecule has 1 aromatic heterocycles. The predicted octanol–water partition coefficient (Wildman–Crippen LogP) is 0.776. The fraction of sp³-hybridized carbons (Fsp3) is 0.412. The molecule has 1 saturated heterocycles. The zero-order chi connectivity index (χ0) is 19.2. The fourth-order valence-corrected chi connectivity index (χ4v) is 3.39. The summed E-state index contributed by atoms with van der Waals surface area (Å²) in [7, 11) is 2.98. The van der Waals surface area contributed by atoms with E-state index in [4.69, 9.17) is 4.74 Å². The molecule has 10 heteroatoms. The Bertz CT molecular complexity index is 789. The summed E-state index contributed by atoms with van der Waals surface area (Å²) in [6, 6.07) is 6.86. The number of hydrogen-bond acceptors (Lipinski definition) is 9. The van der Waals surface area contributed by atoms with E-state index in [-0.39, 0.29) is 12.5 Å². The third kappa shape index (κ3) is 4.72. The van der Waals surface area contributed by atoms with Crippen molar-refractivity contribution in [1.29, 1.82) is 0 Å². The number of hydrogen-bond donors (Lipinski definition) is 1. The molecule has 1 aliphatic heterocycles. The van der Waals surface area contributed by atoms with E-state index >= 15 is 0 Å². The van der Waals surface area contributed by atoms with Crippen LogP contribution in [0.15, 0.2) is 24.3 Å². The monoisotopic (exact) mass is 391 g/mol. The number of amides is 1. The van der Waals surface area contributed by atoms with Gasteiger partial charge in [-0.3, -0.25) is 4.79 Å². The van der Waals surface area contributed by atoms with Gasteiger partial charge in [0.15, 0.2) is 6.61 Å². The first-order chi connectivity index (χ1) is 13.1. The van der Waals surface area contributed by atoms with Gasteiger partial charge in [0.1, 0.15) is 5.75 Å². The van der Waals surface area contributed by atoms with Crippen molar-refractivity contribution in [1.82, 2.24) is 15.5 Å². The summed E-state index contributed by atoms with van der Waals surface area (Å²) in [5.41, 5.74) is 0.685. The molecular formula is C17H21N5O4S. The molecule has 3 rings (SSSR count).